The van der Waals surface area contributed by atoms with E-state index in [0.29, 0.717) is 73.6 Å². The highest BCUT2D eigenvalue weighted by Crippen LogP contribution is 2.49. The summed E-state index contributed by atoms with van der Waals surface area (Å²) in [6.07, 6.45) is 14.4. The van der Waals surface area contributed by atoms with E-state index >= 15 is 0 Å². The van der Waals surface area contributed by atoms with Crippen molar-refractivity contribution < 1.29 is 83.8 Å². The lowest BCUT2D eigenvalue weighted by atomic mass is 9.94. The predicted octanol–water partition coefficient (Wildman–Crippen LogP) is 11.6. The highest BCUT2D eigenvalue weighted by molar-refractivity contribution is 7.89. The first-order valence-electron chi connectivity index (χ1n) is 37.2. The van der Waals surface area contributed by atoms with Crippen LogP contribution in [0.1, 0.15) is 215 Å². The van der Waals surface area contributed by atoms with Crippen LogP contribution in [0.15, 0.2) is 109 Å². The van der Waals surface area contributed by atoms with Gasteiger partial charge in [-0.2, -0.15) is 0 Å². The fourth-order valence-corrected chi connectivity index (χ4v) is 16.5. The number of hydrogen-bond acceptors (Lipinski definition) is 17. The number of rotatable bonds is 19. The lowest BCUT2D eigenvalue weighted by Gasteiger charge is -2.37. The molecule has 20 nitrogen and oxygen atoms in total. The first kappa shape index (κ1) is 78.1. The fourth-order valence-electron chi connectivity index (χ4n) is 16.1. The molecule has 25 heteroatoms. The minimum atomic E-state index is -3.79. The van der Waals surface area contributed by atoms with Crippen molar-refractivity contribution in [3.63, 3.8) is 0 Å². The first-order chi connectivity index (χ1) is 50.4. The molecule has 6 aromatic rings. The van der Waals surface area contributed by atoms with E-state index in [9.17, 15) is 64.8 Å². The summed E-state index contributed by atoms with van der Waals surface area (Å²) in [5, 5.41) is 45.5. The number of carboxylic acid groups (broad SMARTS) is 1. The van der Waals surface area contributed by atoms with Gasteiger partial charge in [-0.05, 0) is 241 Å². The number of nitrogens with zero attached hydrogens (tertiary/aromatic N) is 3. The molecule has 6 fully saturated rings. The van der Waals surface area contributed by atoms with Crippen molar-refractivity contribution in [1.82, 2.24) is 19.4 Å². The number of carbonyl (C=O) groups is 3. The Morgan fingerprint density at radius 1 is 0.472 bits per heavy atom. The number of amides is 1. The van der Waals surface area contributed by atoms with Crippen LogP contribution in [-0.2, 0) is 44.0 Å². The van der Waals surface area contributed by atoms with E-state index in [2.05, 4.69) is 62.3 Å². The molecule has 0 bridgehead atoms. The SMILES string of the molecule is CC(C)(C)OC(=O)c1cc(C2CC2)c(OCC2CCN([C@@H]3c4ccccc4C[C@@H]3O)CC2)cc1F.CS(=O)(=O)NC(=O)c1cc(C2CC2)c(OCC2CCN([C@@H]3c4ccccc4C[C@@H]3O)CC2)cc1F.CS(N)(=O)=O.O=C(O)c1cc(C2CC2)c(OCC2CCN([C@@H]3c4ccccc4C[C@@H]3O)CC2)cc1F. The number of aliphatic hydroxyl groups is 3. The number of aromatic carboxylic acids is 1. The van der Waals surface area contributed by atoms with Gasteiger partial charge in [-0.1, -0.05) is 72.8 Å². The van der Waals surface area contributed by atoms with Crippen LogP contribution in [0.25, 0.3) is 0 Å². The smallest absolute Gasteiger partial charge is 0.341 e. The van der Waals surface area contributed by atoms with Gasteiger partial charge in [0.15, 0.2) is 0 Å². The summed E-state index contributed by atoms with van der Waals surface area (Å²) in [6, 6.07) is 33.4. The second kappa shape index (κ2) is 33.2. The van der Waals surface area contributed by atoms with Crippen molar-refractivity contribution in [3.05, 3.63) is 193 Å². The molecule has 7 N–H and O–H groups in total. The zero-order valence-corrected chi connectivity index (χ0v) is 62.6. The quantitative estimate of drug-likeness (QED) is 0.0411. The summed E-state index contributed by atoms with van der Waals surface area (Å²) in [6.45, 7) is 12.1. The third-order valence-corrected chi connectivity index (χ3v) is 22.3. The number of aliphatic hydroxyl groups excluding tert-OH is 3. The Morgan fingerprint density at radius 2 is 0.764 bits per heavy atom. The average Bonchev–Trinajstić information content (AvgIpc) is 1.64. The Labute approximate surface area is 619 Å². The fraction of sp³-hybridized carbons (Fsp3) is 0.519. The standard InChI is InChI=1S/C29H36FNO4.C26H31FN2O5S.C25H28FNO4.CH5NO2S/c1-29(2,3)35-28(33)23-15-22(19-8-9-19)26(16-24(23)30)34-17-18-10-12-31(13-11-18)27-21-7-5-4-6-20(21)14-25(27)32;1-35(32,33)28-26(31)21-13-20(17-6-7-17)24(14-22(21)27)34-15-16-8-10-29(11-9-16)25-19-5-3-2-4-18(19)12-23(25)30;26-21-13-23(19(16-5-6-16)12-20(21)25(29)30)31-14-15-7-9-27(10-8-15)24-18-4-2-1-3-17(18)11-22(24)28;1-5(2,3)4/h4-7,15-16,18-19,25,27,32H,8-14,17H2,1-3H3;2-5,13-14,16-17,23,25,30H,6-12,15H2,1H3,(H,28,31);1-4,12-13,15-16,22,24,28H,5-11,14H2,(H,29,30);1H3,(H2,2,3,4)/t25-,27+;23-,25+;22-,24+;/m000./s1. The van der Waals surface area contributed by atoms with Gasteiger partial charge in [-0.25, -0.2) is 49.5 Å². The summed E-state index contributed by atoms with van der Waals surface area (Å²) < 4.78 is 111. The van der Waals surface area contributed by atoms with Crippen molar-refractivity contribution >= 4 is 37.9 Å². The highest BCUT2D eigenvalue weighted by Gasteiger charge is 2.42. The summed E-state index contributed by atoms with van der Waals surface area (Å²) in [7, 11) is -6.96. The number of primary sulfonamides is 1. The van der Waals surface area contributed by atoms with Gasteiger partial charge in [0.25, 0.3) is 5.91 Å². The molecule has 0 spiro atoms. The number of carboxylic acids is 1. The molecule has 572 valence electrons. The second-order valence-corrected chi connectivity index (χ2v) is 34.8. The Bertz CT molecular complexity index is 4380. The Morgan fingerprint density at radius 3 is 1.07 bits per heavy atom. The van der Waals surface area contributed by atoms with Gasteiger partial charge >= 0.3 is 11.9 Å². The zero-order valence-electron chi connectivity index (χ0n) is 60.9. The summed E-state index contributed by atoms with van der Waals surface area (Å²) >= 11 is 0. The number of esters is 1. The normalized spacial score (nSPS) is 22.9. The van der Waals surface area contributed by atoms with Crippen LogP contribution < -0.4 is 24.1 Å². The highest BCUT2D eigenvalue weighted by atomic mass is 32.2. The third kappa shape index (κ3) is 20.1. The third-order valence-electron chi connectivity index (χ3n) is 21.8. The van der Waals surface area contributed by atoms with E-state index in [-0.39, 0.29) is 65.0 Å². The van der Waals surface area contributed by atoms with Crippen LogP contribution in [0.3, 0.4) is 0 Å². The molecule has 6 aliphatic carbocycles. The molecule has 106 heavy (non-hydrogen) atoms. The van der Waals surface area contributed by atoms with Crippen molar-refractivity contribution in [2.75, 3.05) is 71.6 Å². The number of sulfonamides is 2. The summed E-state index contributed by atoms with van der Waals surface area (Å²) in [5.74, 6) is -1.66. The lowest BCUT2D eigenvalue weighted by Crippen LogP contribution is -2.41. The van der Waals surface area contributed by atoms with Crippen LogP contribution in [0.5, 0.6) is 17.2 Å². The first-order valence-corrected chi connectivity index (χ1v) is 41.1. The molecule has 3 saturated carbocycles. The molecule has 0 radical (unpaired) electrons. The molecule has 3 aliphatic heterocycles. The monoisotopic (exact) mass is 1500 g/mol. The topological polar surface area (TPSA) is 285 Å². The number of nitrogens with one attached hydrogen (secondary N) is 1. The van der Waals surface area contributed by atoms with Crippen molar-refractivity contribution in [2.45, 2.75) is 177 Å². The Balaban J connectivity index is 0.000000144. The van der Waals surface area contributed by atoms with Gasteiger partial charge in [0.2, 0.25) is 20.0 Å². The molecule has 3 heterocycles. The van der Waals surface area contributed by atoms with Crippen molar-refractivity contribution in [3.8, 4) is 17.2 Å². The maximum atomic E-state index is 14.9. The van der Waals surface area contributed by atoms with E-state index in [0.717, 1.165) is 152 Å². The summed E-state index contributed by atoms with van der Waals surface area (Å²) in [4.78, 5) is 43.2. The van der Waals surface area contributed by atoms with Crippen LogP contribution in [0.4, 0.5) is 13.2 Å². The maximum absolute atomic E-state index is 14.9. The average molecular weight is 1500 g/mol. The molecule has 0 aromatic heterocycles. The molecule has 1 amide bonds. The molecular formula is C81H100F3N5O15S2. The van der Waals surface area contributed by atoms with Gasteiger partial charge < -0.3 is 39.4 Å². The van der Waals surface area contributed by atoms with Crippen molar-refractivity contribution in [1.29, 1.82) is 0 Å². The molecule has 3 saturated heterocycles. The van der Waals surface area contributed by atoms with Crippen molar-refractivity contribution in [2.24, 2.45) is 22.9 Å². The Hall–Kier alpha value is -7.46. The second-order valence-electron chi connectivity index (χ2n) is 31.4. The van der Waals surface area contributed by atoms with Crippen LogP contribution in [0.2, 0.25) is 0 Å². The van der Waals surface area contributed by atoms with Gasteiger partial charge in [-0.15, -0.1) is 0 Å². The number of hydrogen-bond donors (Lipinski definition) is 6. The number of fused-ring (bicyclic) bond motifs is 3. The van der Waals surface area contributed by atoms with E-state index in [1.807, 2.05) is 35.1 Å². The van der Waals surface area contributed by atoms with E-state index < -0.39 is 60.9 Å². The van der Waals surface area contributed by atoms with E-state index in [4.69, 9.17) is 18.9 Å². The number of nitrogens with two attached hydrogens (primary N) is 1. The van der Waals surface area contributed by atoms with Gasteiger partial charge in [-0.3, -0.25) is 19.5 Å². The number of benzene rings is 6. The molecule has 6 atom stereocenters. The predicted molar refractivity (Wildman–Crippen MR) is 395 cm³/mol. The molecular weight excluding hydrogens is 1400 g/mol. The number of halogens is 3. The van der Waals surface area contributed by atoms with Crippen LogP contribution in [-0.4, -0.2) is 165 Å². The number of likely N-dealkylation sites (tertiary alicyclic amines) is 3. The van der Waals surface area contributed by atoms with Gasteiger partial charge in [0, 0.05) is 37.5 Å². The number of ether oxygens (including phenoxy) is 4. The number of piperidine rings is 3. The minimum absolute atomic E-state index is 0.0158. The summed E-state index contributed by atoms with van der Waals surface area (Å²) in [5.41, 5.74) is 8.67. The minimum Gasteiger partial charge on any atom is -0.493 e. The van der Waals surface area contributed by atoms with Crippen LogP contribution >= 0.6 is 0 Å². The lowest BCUT2D eigenvalue weighted by molar-refractivity contribution is 0.00637. The van der Waals surface area contributed by atoms with Crippen LogP contribution in [0, 0.1) is 35.2 Å². The molecule has 6 aromatic carbocycles. The Kier molecular flexibility index (Phi) is 24.5. The molecule has 0 unspecified atom stereocenters. The zero-order chi connectivity index (χ0) is 75.5. The van der Waals surface area contributed by atoms with Gasteiger partial charge in [0.05, 0.1) is 85.5 Å². The maximum Gasteiger partial charge on any atom is 0.341 e. The largest absolute Gasteiger partial charge is 0.493 e. The molecule has 9 aliphatic rings. The number of carbonyl (C=O) groups excluding carboxylic acids is 2. The van der Waals surface area contributed by atoms with E-state index in [1.54, 1.807) is 26.8 Å². The van der Waals surface area contributed by atoms with Gasteiger partial charge in [0.1, 0.15) is 40.3 Å². The van der Waals surface area contributed by atoms with E-state index in [1.165, 1.54) is 63.7 Å². The molecule has 15 rings (SSSR count).